The molecule has 2 heterocycles. The lowest BCUT2D eigenvalue weighted by Gasteiger charge is -2.36. The van der Waals surface area contributed by atoms with Gasteiger partial charge in [0.15, 0.2) is 11.5 Å². The molecule has 1 spiro atoms. The molecule has 7 nitrogen and oxygen atoms in total. The lowest BCUT2D eigenvalue weighted by Crippen LogP contribution is -2.43. The molecule has 3 aliphatic rings. The van der Waals surface area contributed by atoms with E-state index in [1.165, 1.54) is 11.1 Å². The molecular weight excluding hydrogens is 434 g/mol. The van der Waals surface area contributed by atoms with Gasteiger partial charge < -0.3 is 24.3 Å². The number of hydrogen-bond donors (Lipinski definition) is 1. The fraction of sp³-hybridized carbons (Fsp3) is 0.407. The summed E-state index contributed by atoms with van der Waals surface area (Å²) in [5, 5.41) is 3.50. The van der Waals surface area contributed by atoms with Crippen LogP contribution in [0.1, 0.15) is 43.2 Å². The van der Waals surface area contributed by atoms with Crippen LogP contribution in [0.2, 0.25) is 0 Å². The van der Waals surface area contributed by atoms with Crippen LogP contribution >= 0.6 is 0 Å². The molecule has 2 unspecified atom stereocenters. The van der Waals surface area contributed by atoms with Gasteiger partial charge in [0, 0.05) is 31.4 Å². The van der Waals surface area contributed by atoms with Gasteiger partial charge in [0.25, 0.3) is 0 Å². The number of hydrogen-bond acceptors (Lipinski definition) is 7. The third-order valence-corrected chi connectivity index (χ3v) is 6.83. The van der Waals surface area contributed by atoms with Crippen molar-refractivity contribution in [3.8, 4) is 17.2 Å². The molecule has 0 saturated heterocycles. The normalized spacial score (nSPS) is 24.3. The predicted octanol–water partition coefficient (Wildman–Crippen LogP) is 3.83. The van der Waals surface area contributed by atoms with Crippen molar-refractivity contribution in [1.29, 1.82) is 0 Å². The molecule has 34 heavy (non-hydrogen) atoms. The van der Waals surface area contributed by atoms with Crippen molar-refractivity contribution < 1.29 is 28.5 Å². The number of benzene rings is 2. The highest BCUT2D eigenvalue weighted by Gasteiger charge is 2.52. The minimum absolute atomic E-state index is 0.124. The molecule has 7 heteroatoms. The molecule has 0 amide bonds. The van der Waals surface area contributed by atoms with Gasteiger partial charge in [0.05, 0.1) is 12.5 Å². The van der Waals surface area contributed by atoms with E-state index in [9.17, 15) is 9.59 Å². The highest BCUT2D eigenvalue weighted by Crippen LogP contribution is 2.55. The van der Waals surface area contributed by atoms with Gasteiger partial charge in [-0.25, -0.2) is 0 Å². The smallest absolute Gasteiger partial charge is 0.311 e. The van der Waals surface area contributed by atoms with Gasteiger partial charge in [0.1, 0.15) is 18.0 Å². The molecule has 2 aliphatic heterocycles. The number of esters is 2. The first-order chi connectivity index (χ1) is 16.6. The van der Waals surface area contributed by atoms with Gasteiger partial charge in [-0.15, -0.1) is 0 Å². The Labute approximate surface area is 199 Å². The standard InChI is InChI=1S/C27H29NO6/c1-31-21-11-10-18-17-28-15-14-27-13-12-20(16-22(27)34-26(21)25(18)27)33-24(30)9-5-8-23(29)32-19-6-3-2-4-7-19/h2-4,6-7,10-13,20,22,28H,5,8-9,14-17H2,1H3/t20-,22?,27?/m0/s1. The minimum atomic E-state index is -0.362. The summed E-state index contributed by atoms with van der Waals surface area (Å²) in [6, 6.07) is 13.0. The van der Waals surface area contributed by atoms with Gasteiger partial charge in [-0.1, -0.05) is 30.3 Å². The molecule has 2 aromatic rings. The van der Waals surface area contributed by atoms with Crippen LogP contribution in [-0.2, 0) is 26.3 Å². The van der Waals surface area contributed by atoms with E-state index in [4.69, 9.17) is 18.9 Å². The number of carbonyl (C=O) groups is 2. The molecule has 3 atom stereocenters. The highest BCUT2D eigenvalue weighted by atomic mass is 16.6. The number of para-hydroxylation sites is 1. The molecule has 5 rings (SSSR count). The molecule has 2 aromatic carbocycles. The fourth-order valence-electron chi connectivity index (χ4n) is 5.22. The summed E-state index contributed by atoms with van der Waals surface area (Å²) in [5.74, 6) is 1.36. The van der Waals surface area contributed by atoms with Crippen molar-refractivity contribution in [3.63, 3.8) is 0 Å². The Morgan fingerprint density at radius 3 is 2.76 bits per heavy atom. The lowest BCUT2D eigenvalue weighted by atomic mass is 9.69. The Morgan fingerprint density at radius 1 is 1.12 bits per heavy atom. The zero-order valence-electron chi connectivity index (χ0n) is 19.3. The maximum atomic E-state index is 12.5. The summed E-state index contributed by atoms with van der Waals surface area (Å²) in [6.07, 6.45) is 5.85. The maximum Gasteiger partial charge on any atom is 0.311 e. The quantitative estimate of drug-likeness (QED) is 0.380. The van der Waals surface area contributed by atoms with Crippen LogP contribution in [0.5, 0.6) is 17.2 Å². The van der Waals surface area contributed by atoms with E-state index in [2.05, 4.69) is 17.5 Å². The molecular formula is C27H29NO6. The Bertz CT molecular complexity index is 1100. The first-order valence-electron chi connectivity index (χ1n) is 11.8. The summed E-state index contributed by atoms with van der Waals surface area (Å²) < 4.78 is 23.0. The Kier molecular flexibility index (Phi) is 6.28. The molecule has 0 saturated carbocycles. The van der Waals surface area contributed by atoms with Crippen molar-refractivity contribution in [2.75, 3.05) is 13.7 Å². The number of rotatable bonds is 7. The number of methoxy groups -OCH3 is 1. The van der Waals surface area contributed by atoms with Crippen LogP contribution in [0.25, 0.3) is 0 Å². The van der Waals surface area contributed by atoms with E-state index < -0.39 is 0 Å². The summed E-state index contributed by atoms with van der Waals surface area (Å²) in [7, 11) is 1.65. The first kappa shape index (κ1) is 22.5. The van der Waals surface area contributed by atoms with Crippen molar-refractivity contribution in [2.45, 2.75) is 56.3 Å². The van der Waals surface area contributed by atoms with Crippen LogP contribution in [0.3, 0.4) is 0 Å². The largest absolute Gasteiger partial charge is 0.493 e. The summed E-state index contributed by atoms with van der Waals surface area (Å²) in [5.41, 5.74) is 2.17. The van der Waals surface area contributed by atoms with Crippen molar-refractivity contribution in [3.05, 3.63) is 65.7 Å². The van der Waals surface area contributed by atoms with Gasteiger partial charge in [-0.3, -0.25) is 9.59 Å². The second-order valence-corrected chi connectivity index (χ2v) is 8.97. The van der Waals surface area contributed by atoms with Crippen molar-refractivity contribution in [1.82, 2.24) is 5.32 Å². The third-order valence-electron chi connectivity index (χ3n) is 6.83. The van der Waals surface area contributed by atoms with Crippen molar-refractivity contribution in [2.24, 2.45) is 0 Å². The van der Waals surface area contributed by atoms with Gasteiger partial charge >= 0.3 is 11.9 Å². The molecule has 0 fully saturated rings. The van der Waals surface area contributed by atoms with Crippen LogP contribution in [-0.4, -0.2) is 37.8 Å². The SMILES string of the molecule is COc1ccc2c3c1OC1C[C@@H](OC(=O)CCCC(=O)Oc4ccccc4)C=CC31CCNC2. The van der Waals surface area contributed by atoms with E-state index in [0.717, 1.165) is 31.0 Å². The van der Waals surface area contributed by atoms with E-state index in [-0.39, 0.29) is 42.4 Å². The number of nitrogens with one attached hydrogen (secondary N) is 1. The van der Waals surface area contributed by atoms with E-state index in [0.29, 0.717) is 18.6 Å². The predicted molar refractivity (Wildman–Crippen MR) is 125 cm³/mol. The Hall–Kier alpha value is -3.32. The van der Waals surface area contributed by atoms with E-state index in [1.807, 2.05) is 18.2 Å². The van der Waals surface area contributed by atoms with Crippen LogP contribution < -0.4 is 19.5 Å². The zero-order valence-corrected chi connectivity index (χ0v) is 19.3. The second-order valence-electron chi connectivity index (χ2n) is 8.97. The Morgan fingerprint density at radius 2 is 1.94 bits per heavy atom. The minimum Gasteiger partial charge on any atom is -0.493 e. The van der Waals surface area contributed by atoms with Crippen molar-refractivity contribution >= 4 is 11.9 Å². The fourth-order valence-corrected chi connectivity index (χ4v) is 5.22. The molecule has 178 valence electrons. The summed E-state index contributed by atoms with van der Waals surface area (Å²) >= 11 is 0. The number of ether oxygens (including phenoxy) is 4. The van der Waals surface area contributed by atoms with Gasteiger partial charge in [-0.2, -0.15) is 0 Å². The number of carbonyl (C=O) groups excluding carboxylic acids is 2. The van der Waals surface area contributed by atoms with Gasteiger partial charge in [-0.05, 0) is 49.2 Å². The average Bonchev–Trinajstić information content (AvgIpc) is 3.05. The van der Waals surface area contributed by atoms with Crippen LogP contribution in [0.15, 0.2) is 54.6 Å². The zero-order chi connectivity index (χ0) is 23.5. The van der Waals surface area contributed by atoms with Crippen LogP contribution in [0, 0.1) is 0 Å². The first-order valence-corrected chi connectivity index (χ1v) is 11.8. The lowest BCUT2D eigenvalue weighted by molar-refractivity contribution is -0.148. The Balaban J connectivity index is 1.19. The monoisotopic (exact) mass is 463 g/mol. The van der Waals surface area contributed by atoms with Gasteiger partial charge in [0.2, 0.25) is 0 Å². The third kappa shape index (κ3) is 4.28. The second kappa shape index (κ2) is 9.50. The van der Waals surface area contributed by atoms with Crippen LogP contribution in [0.4, 0.5) is 0 Å². The molecule has 0 bridgehead atoms. The summed E-state index contributed by atoms with van der Waals surface area (Å²) in [4.78, 5) is 24.4. The van der Waals surface area contributed by atoms with E-state index >= 15 is 0 Å². The van der Waals surface area contributed by atoms with E-state index in [1.54, 1.807) is 31.4 Å². The molecule has 0 aromatic heterocycles. The topological polar surface area (TPSA) is 83.1 Å². The molecule has 1 aliphatic carbocycles. The molecule has 0 radical (unpaired) electrons. The average molecular weight is 464 g/mol. The maximum absolute atomic E-state index is 12.5. The highest BCUT2D eigenvalue weighted by molar-refractivity contribution is 5.74. The summed E-state index contributed by atoms with van der Waals surface area (Å²) in [6.45, 7) is 1.67. The molecule has 1 N–H and O–H groups in total.